The van der Waals surface area contributed by atoms with Crippen LogP contribution in [0, 0.1) is 5.82 Å². The molecule has 0 radical (unpaired) electrons. The molecule has 96 valence electrons. The molecule has 0 aliphatic carbocycles. The summed E-state index contributed by atoms with van der Waals surface area (Å²) in [5, 5.41) is 0.218. The number of nitrogens with two attached hydrogens (primary N) is 1. The fraction of sp³-hybridized carbons (Fsp3) is 0.455. The molecule has 1 unspecified atom stereocenters. The van der Waals surface area contributed by atoms with Gasteiger partial charge in [-0.1, -0.05) is 17.7 Å². The van der Waals surface area contributed by atoms with Gasteiger partial charge in [0.15, 0.2) is 0 Å². The molecule has 6 heteroatoms. The van der Waals surface area contributed by atoms with E-state index in [1.165, 1.54) is 12.1 Å². The summed E-state index contributed by atoms with van der Waals surface area (Å²) in [4.78, 5) is 0. The molecule has 17 heavy (non-hydrogen) atoms. The summed E-state index contributed by atoms with van der Waals surface area (Å²) in [6, 6.07) is 4.30. The molecule has 0 bridgehead atoms. The Kier molecular flexibility index (Phi) is 4.80. The first-order valence-corrected chi connectivity index (χ1v) is 6.64. The number of nitrogens with one attached hydrogen (secondary N) is 1. The summed E-state index contributed by atoms with van der Waals surface area (Å²) in [7, 11) is 0. The first-order valence-electron chi connectivity index (χ1n) is 5.11. The second-order valence-corrected chi connectivity index (χ2v) is 7.02. The van der Waals surface area contributed by atoms with Crippen LogP contribution in [-0.2, 0) is 11.4 Å². The van der Waals surface area contributed by atoms with Gasteiger partial charge >= 0.3 is 0 Å². The van der Waals surface area contributed by atoms with Crippen molar-refractivity contribution >= 4 is 23.0 Å². The van der Waals surface area contributed by atoms with Gasteiger partial charge in [0.1, 0.15) is 16.7 Å². The second-order valence-electron chi connectivity index (χ2n) is 4.61. The Hall–Kier alpha value is -0.330. The molecule has 0 heterocycles. The molecule has 1 aromatic carbocycles. The standard InChI is InChI=1S/C11H16ClFN2OS/c1-11(2,3)17(16)15-10(14)9-7(12)5-4-6-8(9)13/h4-6,10,15H,14H2,1-3H3/t10-,17?/m1/s1. The molecule has 1 aromatic rings. The molecule has 3 nitrogen and oxygen atoms in total. The lowest BCUT2D eigenvalue weighted by Crippen LogP contribution is -2.44. The normalized spacial score (nSPS) is 15.7. The van der Waals surface area contributed by atoms with Crippen molar-refractivity contribution in [1.82, 2.24) is 4.72 Å². The fourth-order valence-corrected chi connectivity index (χ4v) is 2.14. The number of hydrogen-bond donors (Lipinski definition) is 2. The van der Waals surface area contributed by atoms with Crippen molar-refractivity contribution in [3.05, 3.63) is 34.6 Å². The maximum absolute atomic E-state index is 13.5. The molecule has 0 fully saturated rings. The van der Waals surface area contributed by atoms with Crippen LogP contribution in [0.15, 0.2) is 18.2 Å². The van der Waals surface area contributed by atoms with Gasteiger partial charge in [-0.05, 0) is 32.9 Å². The topological polar surface area (TPSA) is 61.1 Å². The van der Waals surface area contributed by atoms with Crippen LogP contribution < -0.4 is 10.5 Å². The zero-order chi connectivity index (χ0) is 13.2. The summed E-state index contributed by atoms with van der Waals surface area (Å²) in [5.41, 5.74) is 5.90. The SMILES string of the molecule is CC(C)(C)[S+]([O-])N[C@@H](N)c1c(F)cccc1Cl. The van der Waals surface area contributed by atoms with Crippen molar-refractivity contribution in [2.75, 3.05) is 0 Å². The third kappa shape index (κ3) is 3.82. The molecule has 0 aliphatic rings. The van der Waals surface area contributed by atoms with Crippen LogP contribution in [0.25, 0.3) is 0 Å². The lowest BCUT2D eigenvalue weighted by Gasteiger charge is -2.26. The quantitative estimate of drug-likeness (QED) is 0.660. The highest BCUT2D eigenvalue weighted by atomic mass is 35.5. The van der Waals surface area contributed by atoms with Gasteiger partial charge in [-0.2, -0.15) is 0 Å². The Morgan fingerprint density at radius 3 is 2.53 bits per heavy atom. The lowest BCUT2D eigenvalue weighted by molar-refractivity contribution is 0.516. The van der Waals surface area contributed by atoms with Crippen molar-refractivity contribution in [1.29, 1.82) is 0 Å². The highest BCUT2D eigenvalue weighted by Crippen LogP contribution is 2.25. The third-order valence-electron chi connectivity index (χ3n) is 2.10. The molecule has 3 N–H and O–H groups in total. The molecule has 0 aliphatic heterocycles. The van der Waals surface area contributed by atoms with Gasteiger partial charge in [-0.15, -0.1) is 4.72 Å². The Bertz CT molecular complexity index is 377. The average molecular weight is 279 g/mol. The second kappa shape index (κ2) is 5.54. The van der Waals surface area contributed by atoms with Gasteiger partial charge < -0.3 is 10.3 Å². The van der Waals surface area contributed by atoms with Gasteiger partial charge in [0.25, 0.3) is 0 Å². The first kappa shape index (κ1) is 14.7. The summed E-state index contributed by atoms with van der Waals surface area (Å²) < 4.78 is 27.5. The van der Waals surface area contributed by atoms with Crippen LogP contribution in [0.3, 0.4) is 0 Å². The minimum Gasteiger partial charge on any atom is -0.598 e. The van der Waals surface area contributed by atoms with E-state index in [1.807, 2.05) is 0 Å². The number of hydrogen-bond acceptors (Lipinski definition) is 3. The number of halogens is 2. The van der Waals surface area contributed by atoms with Crippen molar-refractivity contribution in [3.63, 3.8) is 0 Å². The molecule has 0 aromatic heterocycles. The van der Waals surface area contributed by atoms with Crippen molar-refractivity contribution < 1.29 is 8.94 Å². The van der Waals surface area contributed by atoms with Crippen LogP contribution in [0.1, 0.15) is 32.5 Å². The van der Waals surface area contributed by atoms with E-state index in [1.54, 1.807) is 26.8 Å². The summed E-state index contributed by atoms with van der Waals surface area (Å²) in [6.45, 7) is 5.39. The average Bonchev–Trinajstić information content (AvgIpc) is 2.15. The van der Waals surface area contributed by atoms with E-state index < -0.39 is 28.1 Å². The van der Waals surface area contributed by atoms with E-state index in [4.69, 9.17) is 17.3 Å². The summed E-state index contributed by atoms with van der Waals surface area (Å²) >= 11 is 4.48. The predicted octanol–water partition coefficient (Wildman–Crippen LogP) is 2.49. The fourth-order valence-electron chi connectivity index (χ4n) is 1.16. The first-order chi connectivity index (χ1) is 7.73. The molecule has 2 atom stereocenters. The highest BCUT2D eigenvalue weighted by molar-refractivity contribution is 7.90. The largest absolute Gasteiger partial charge is 0.598 e. The summed E-state index contributed by atoms with van der Waals surface area (Å²) in [6.07, 6.45) is -0.899. The molecule has 0 saturated carbocycles. The molecule has 0 spiro atoms. The van der Waals surface area contributed by atoms with Gasteiger partial charge in [-0.25, -0.2) is 4.39 Å². The van der Waals surface area contributed by atoms with Crippen LogP contribution in [0.4, 0.5) is 4.39 Å². The zero-order valence-electron chi connectivity index (χ0n) is 9.96. The Morgan fingerprint density at radius 1 is 1.47 bits per heavy atom. The lowest BCUT2D eigenvalue weighted by atomic mass is 10.2. The maximum atomic E-state index is 13.5. The smallest absolute Gasteiger partial charge is 0.137 e. The number of rotatable bonds is 3. The molecule has 0 amide bonds. The van der Waals surface area contributed by atoms with Crippen LogP contribution >= 0.6 is 11.6 Å². The van der Waals surface area contributed by atoms with Crippen LogP contribution in [-0.4, -0.2) is 9.30 Å². The Labute approximate surface area is 109 Å². The minimum absolute atomic E-state index is 0.131. The van der Waals surface area contributed by atoms with Crippen LogP contribution in [0.5, 0.6) is 0 Å². The molecular weight excluding hydrogens is 263 g/mol. The zero-order valence-corrected chi connectivity index (χ0v) is 11.5. The van der Waals surface area contributed by atoms with Gasteiger partial charge in [0, 0.05) is 21.9 Å². The molecular formula is C11H16ClFN2OS. The van der Waals surface area contributed by atoms with E-state index in [9.17, 15) is 8.94 Å². The maximum Gasteiger partial charge on any atom is 0.137 e. The van der Waals surface area contributed by atoms with Crippen molar-refractivity contribution in [2.45, 2.75) is 31.7 Å². The van der Waals surface area contributed by atoms with Crippen molar-refractivity contribution in [2.24, 2.45) is 5.73 Å². The number of benzene rings is 1. The minimum atomic E-state index is -1.38. The van der Waals surface area contributed by atoms with Crippen LogP contribution in [0.2, 0.25) is 5.02 Å². The van der Waals surface area contributed by atoms with Crippen molar-refractivity contribution in [3.8, 4) is 0 Å². The highest BCUT2D eigenvalue weighted by Gasteiger charge is 2.30. The van der Waals surface area contributed by atoms with E-state index in [2.05, 4.69) is 4.72 Å². The van der Waals surface area contributed by atoms with E-state index in [0.29, 0.717) is 0 Å². The predicted molar refractivity (Wildman–Crippen MR) is 69.4 cm³/mol. The van der Waals surface area contributed by atoms with Gasteiger partial charge in [-0.3, -0.25) is 0 Å². The van der Waals surface area contributed by atoms with E-state index in [0.717, 1.165) is 0 Å². The third-order valence-corrected chi connectivity index (χ3v) is 4.01. The summed E-state index contributed by atoms with van der Waals surface area (Å²) in [5.74, 6) is -0.511. The van der Waals surface area contributed by atoms with Gasteiger partial charge in [0.05, 0.1) is 0 Å². The Morgan fingerprint density at radius 2 is 2.06 bits per heavy atom. The Balaban J connectivity index is 2.87. The van der Waals surface area contributed by atoms with E-state index >= 15 is 0 Å². The van der Waals surface area contributed by atoms with Gasteiger partial charge in [0.2, 0.25) is 0 Å². The molecule has 0 saturated heterocycles. The molecule has 1 rings (SSSR count). The monoisotopic (exact) mass is 278 g/mol. The van der Waals surface area contributed by atoms with E-state index in [-0.39, 0.29) is 10.6 Å².